The van der Waals surface area contributed by atoms with Gasteiger partial charge in [0.25, 0.3) is 0 Å². The van der Waals surface area contributed by atoms with Crippen LogP contribution in [0.5, 0.6) is 0 Å². The number of carbonyl (C=O) groups is 3. The van der Waals surface area contributed by atoms with E-state index in [0.717, 1.165) is 16.3 Å². The van der Waals surface area contributed by atoms with Crippen molar-refractivity contribution in [2.45, 2.75) is 49.6 Å². The highest BCUT2D eigenvalue weighted by Crippen LogP contribution is 2.64. The third-order valence-corrected chi connectivity index (χ3v) is 9.76. The second-order valence-corrected chi connectivity index (χ2v) is 12.3. The fraction of sp³-hybridized carbons (Fsp3) is 0.306. The highest BCUT2D eigenvalue weighted by molar-refractivity contribution is 6.04. The normalized spacial score (nSPS) is 27.7. The summed E-state index contributed by atoms with van der Waals surface area (Å²) in [6, 6.07) is 30.5. The van der Waals surface area contributed by atoms with E-state index in [1.54, 1.807) is 0 Å². The van der Waals surface area contributed by atoms with Crippen molar-refractivity contribution >= 4 is 34.2 Å². The number of anilines is 1. The number of hydrogen-bond acceptors (Lipinski definition) is 5. The molecule has 224 valence electrons. The fourth-order valence-electron chi connectivity index (χ4n) is 7.80. The maximum absolute atomic E-state index is 14.6. The number of benzene rings is 4. The van der Waals surface area contributed by atoms with Gasteiger partial charge >= 0.3 is 0 Å². The number of hydrogen-bond donors (Lipinski definition) is 3. The molecule has 3 N–H and O–H groups in total. The minimum absolute atomic E-state index is 0.271. The van der Waals surface area contributed by atoms with Crippen LogP contribution in [0.3, 0.4) is 0 Å². The number of fused-ring (bicyclic) bond motifs is 2. The summed E-state index contributed by atoms with van der Waals surface area (Å²) in [7, 11) is 0. The average molecular weight is 590 g/mol. The minimum Gasteiger partial charge on any atom is -0.394 e. The topological polar surface area (TPSA) is 108 Å². The van der Waals surface area contributed by atoms with E-state index < -0.39 is 41.0 Å². The quantitative estimate of drug-likeness (QED) is 0.279. The molecule has 1 spiro atoms. The van der Waals surface area contributed by atoms with Crippen molar-refractivity contribution in [3.8, 4) is 0 Å². The molecule has 3 saturated heterocycles. The SMILES string of the molecule is C[C@]12CCC3(O1)C(C(=O)Nc1ccc4ccccc4c1)N([C@H](CO)c1ccccc1)C(=O)[C@@H]3[C@H]2C(=O)NCc1ccccc1. The van der Waals surface area contributed by atoms with E-state index >= 15 is 0 Å². The van der Waals surface area contributed by atoms with Crippen molar-refractivity contribution in [1.29, 1.82) is 0 Å². The van der Waals surface area contributed by atoms with Gasteiger partial charge in [-0.05, 0) is 53.8 Å². The van der Waals surface area contributed by atoms with Gasteiger partial charge < -0.3 is 25.4 Å². The molecular weight excluding hydrogens is 554 g/mol. The molecule has 0 aliphatic carbocycles. The Morgan fingerprint density at radius 3 is 2.32 bits per heavy atom. The zero-order valence-corrected chi connectivity index (χ0v) is 24.5. The summed E-state index contributed by atoms with van der Waals surface area (Å²) >= 11 is 0. The van der Waals surface area contributed by atoms with Gasteiger partial charge in [0, 0.05) is 12.2 Å². The van der Waals surface area contributed by atoms with E-state index in [4.69, 9.17) is 4.74 Å². The van der Waals surface area contributed by atoms with Gasteiger partial charge in [0.15, 0.2) is 0 Å². The number of aliphatic hydroxyl groups excluding tert-OH is 1. The molecule has 3 fully saturated rings. The summed E-state index contributed by atoms with van der Waals surface area (Å²) < 4.78 is 6.76. The molecule has 3 heterocycles. The molecule has 2 unspecified atom stereocenters. The smallest absolute Gasteiger partial charge is 0.250 e. The van der Waals surface area contributed by atoms with Crippen LogP contribution < -0.4 is 10.6 Å². The summed E-state index contributed by atoms with van der Waals surface area (Å²) in [5.41, 5.74) is 0.118. The van der Waals surface area contributed by atoms with Gasteiger partial charge in [-0.1, -0.05) is 91.0 Å². The number of rotatable bonds is 8. The molecule has 8 heteroatoms. The first-order valence-corrected chi connectivity index (χ1v) is 15.1. The lowest BCUT2D eigenvalue weighted by Crippen LogP contribution is -2.54. The number of aliphatic hydroxyl groups is 1. The first kappa shape index (κ1) is 28.3. The zero-order valence-electron chi connectivity index (χ0n) is 24.5. The van der Waals surface area contributed by atoms with Crippen molar-refractivity contribution in [3.63, 3.8) is 0 Å². The van der Waals surface area contributed by atoms with Crippen molar-refractivity contribution < 1.29 is 24.2 Å². The molecule has 4 aromatic carbocycles. The summed E-state index contributed by atoms with van der Waals surface area (Å²) in [6.45, 7) is 1.81. The Morgan fingerprint density at radius 2 is 1.59 bits per heavy atom. The maximum atomic E-state index is 14.6. The Kier molecular flexibility index (Phi) is 6.98. The van der Waals surface area contributed by atoms with Crippen LogP contribution in [0.2, 0.25) is 0 Å². The lowest BCUT2D eigenvalue weighted by Gasteiger charge is -2.37. The number of ether oxygens (including phenoxy) is 1. The number of nitrogens with zero attached hydrogens (tertiary/aromatic N) is 1. The molecule has 44 heavy (non-hydrogen) atoms. The third-order valence-electron chi connectivity index (χ3n) is 9.76. The molecule has 6 atom stereocenters. The molecule has 8 nitrogen and oxygen atoms in total. The van der Waals surface area contributed by atoms with Crippen molar-refractivity contribution in [3.05, 3.63) is 114 Å². The lowest BCUT2D eigenvalue weighted by molar-refractivity contribution is -0.148. The van der Waals surface area contributed by atoms with E-state index in [0.29, 0.717) is 30.6 Å². The predicted molar refractivity (Wildman–Crippen MR) is 166 cm³/mol. The van der Waals surface area contributed by atoms with Gasteiger partial charge in [-0.2, -0.15) is 0 Å². The van der Waals surface area contributed by atoms with Crippen molar-refractivity contribution in [2.75, 3.05) is 11.9 Å². The van der Waals surface area contributed by atoms with E-state index in [1.807, 2.05) is 110 Å². The summed E-state index contributed by atoms with van der Waals surface area (Å²) in [5, 5.41) is 18.8. The van der Waals surface area contributed by atoms with Crippen LogP contribution in [-0.2, 0) is 25.7 Å². The Bertz CT molecular complexity index is 1730. The van der Waals surface area contributed by atoms with Gasteiger partial charge in [-0.3, -0.25) is 14.4 Å². The van der Waals surface area contributed by atoms with Gasteiger partial charge in [-0.15, -0.1) is 0 Å². The Balaban J connectivity index is 1.27. The molecule has 3 aliphatic heterocycles. The lowest BCUT2D eigenvalue weighted by atomic mass is 9.66. The molecule has 7 rings (SSSR count). The van der Waals surface area contributed by atoms with Crippen LogP contribution in [0.1, 0.15) is 36.9 Å². The minimum atomic E-state index is -1.22. The first-order chi connectivity index (χ1) is 21.3. The van der Waals surface area contributed by atoms with Gasteiger partial charge in [-0.25, -0.2) is 0 Å². The Hall–Kier alpha value is -4.53. The van der Waals surface area contributed by atoms with Crippen molar-refractivity contribution in [2.24, 2.45) is 11.8 Å². The largest absolute Gasteiger partial charge is 0.394 e. The summed E-state index contributed by atoms with van der Waals surface area (Å²) in [5.74, 6) is -2.69. The molecule has 0 aromatic heterocycles. The van der Waals surface area contributed by atoms with Gasteiger partial charge in [0.1, 0.15) is 11.6 Å². The average Bonchev–Trinajstić information content (AvgIpc) is 3.62. The van der Waals surface area contributed by atoms with Crippen LogP contribution in [0.15, 0.2) is 103 Å². The molecule has 2 bridgehead atoms. The number of likely N-dealkylation sites (tertiary alicyclic amines) is 1. The summed E-state index contributed by atoms with van der Waals surface area (Å²) in [4.78, 5) is 44.4. The second kappa shape index (κ2) is 10.9. The Labute approximate surface area is 256 Å². The van der Waals surface area contributed by atoms with Crippen molar-refractivity contribution in [1.82, 2.24) is 10.2 Å². The predicted octanol–water partition coefficient (Wildman–Crippen LogP) is 4.59. The van der Waals surface area contributed by atoms with Crippen LogP contribution >= 0.6 is 0 Å². The number of carbonyl (C=O) groups excluding carboxylic acids is 3. The van der Waals surface area contributed by atoms with E-state index in [-0.39, 0.29) is 18.4 Å². The van der Waals surface area contributed by atoms with Crippen LogP contribution in [-0.4, -0.2) is 51.6 Å². The molecule has 0 radical (unpaired) electrons. The number of nitrogens with one attached hydrogen (secondary N) is 2. The third kappa shape index (κ3) is 4.48. The molecule has 3 amide bonds. The van der Waals surface area contributed by atoms with Crippen LogP contribution in [0.4, 0.5) is 5.69 Å². The van der Waals surface area contributed by atoms with E-state index in [2.05, 4.69) is 10.6 Å². The molecule has 4 aromatic rings. The standard InChI is InChI=1S/C36H35N3O5/c1-35-18-19-36(44-35)30(29(35)32(41)37-21-23-10-4-2-5-11-23)34(43)39(28(22-40)25-13-6-3-7-14-25)31(36)33(42)38-27-17-16-24-12-8-9-15-26(24)20-27/h2-17,20,28-31,40H,18-19,21-22H2,1H3,(H,37,41)(H,38,42)/t28-,29+,30+,31?,35-,36?/m1/s1. The van der Waals surface area contributed by atoms with Gasteiger partial charge in [0.05, 0.1) is 30.1 Å². The van der Waals surface area contributed by atoms with E-state index in [1.165, 1.54) is 4.90 Å². The molecular formula is C36H35N3O5. The van der Waals surface area contributed by atoms with Crippen LogP contribution in [0.25, 0.3) is 10.8 Å². The Morgan fingerprint density at radius 1 is 0.909 bits per heavy atom. The van der Waals surface area contributed by atoms with E-state index in [9.17, 15) is 19.5 Å². The first-order valence-electron chi connectivity index (χ1n) is 15.1. The fourth-order valence-corrected chi connectivity index (χ4v) is 7.80. The van der Waals surface area contributed by atoms with Gasteiger partial charge in [0.2, 0.25) is 17.7 Å². The molecule has 3 aliphatic rings. The highest BCUT2D eigenvalue weighted by atomic mass is 16.5. The second-order valence-electron chi connectivity index (χ2n) is 12.3. The molecule has 0 saturated carbocycles. The zero-order chi connectivity index (χ0) is 30.5. The highest BCUT2D eigenvalue weighted by Gasteiger charge is 2.78. The number of amides is 3. The maximum Gasteiger partial charge on any atom is 0.250 e. The monoisotopic (exact) mass is 589 g/mol. The summed E-state index contributed by atoms with van der Waals surface area (Å²) in [6.07, 6.45) is 0.977. The van der Waals surface area contributed by atoms with Crippen LogP contribution in [0, 0.1) is 11.8 Å².